The Morgan fingerprint density at radius 3 is 2.87 bits per heavy atom. The molecule has 15 heavy (non-hydrogen) atoms. The van der Waals surface area contributed by atoms with Crippen molar-refractivity contribution in [1.29, 1.82) is 0 Å². The van der Waals surface area contributed by atoms with E-state index in [4.69, 9.17) is 11.6 Å². The number of thioether (sulfide) groups is 1. The van der Waals surface area contributed by atoms with Crippen LogP contribution in [0.15, 0.2) is 23.1 Å². The molecule has 0 fully saturated rings. The van der Waals surface area contributed by atoms with E-state index in [1.54, 1.807) is 0 Å². The molecule has 1 heterocycles. The van der Waals surface area contributed by atoms with E-state index in [9.17, 15) is 0 Å². The normalized spacial score (nSPS) is 14.8. The summed E-state index contributed by atoms with van der Waals surface area (Å²) in [6.07, 6.45) is 1.24. The number of benzene rings is 1. The molecule has 1 aromatic rings. The van der Waals surface area contributed by atoms with Gasteiger partial charge in [-0.3, -0.25) is 0 Å². The Labute approximate surface area is 101 Å². The van der Waals surface area contributed by atoms with Crippen molar-refractivity contribution in [3.63, 3.8) is 0 Å². The number of hydrogen-bond donors (Lipinski definition) is 1. The molecule has 0 saturated carbocycles. The van der Waals surface area contributed by atoms with Crippen molar-refractivity contribution in [2.24, 2.45) is 5.73 Å². The maximum atomic E-state index is 5.95. The smallest absolute Gasteiger partial charge is 0.0502 e. The van der Waals surface area contributed by atoms with Crippen LogP contribution >= 0.6 is 23.4 Å². The van der Waals surface area contributed by atoms with Gasteiger partial charge in [0.15, 0.2) is 0 Å². The standard InChI is InChI=1S/C10H12ClNS.CH5N/c1-12-5-2-6-13-10-7-8(11)3-4-9(10)12;1-2/h3-4,7H,2,5-6H2,1H3;2H2,1H3. The van der Waals surface area contributed by atoms with Crippen molar-refractivity contribution in [3.8, 4) is 0 Å². The van der Waals surface area contributed by atoms with Gasteiger partial charge < -0.3 is 10.6 Å². The minimum absolute atomic E-state index is 0.835. The van der Waals surface area contributed by atoms with Crippen LogP contribution in [0.4, 0.5) is 5.69 Å². The molecule has 1 aliphatic heterocycles. The molecule has 0 radical (unpaired) electrons. The van der Waals surface area contributed by atoms with Crippen LogP contribution in [0.25, 0.3) is 0 Å². The minimum atomic E-state index is 0.835. The van der Waals surface area contributed by atoms with E-state index in [0.29, 0.717) is 0 Å². The number of rotatable bonds is 0. The van der Waals surface area contributed by atoms with Gasteiger partial charge in [0, 0.05) is 23.5 Å². The van der Waals surface area contributed by atoms with E-state index >= 15 is 0 Å². The number of hydrogen-bond acceptors (Lipinski definition) is 3. The number of anilines is 1. The van der Waals surface area contributed by atoms with Gasteiger partial charge in [-0.25, -0.2) is 0 Å². The van der Waals surface area contributed by atoms with Gasteiger partial charge in [0.25, 0.3) is 0 Å². The van der Waals surface area contributed by atoms with Gasteiger partial charge in [0.2, 0.25) is 0 Å². The highest BCUT2D eigenvalue weighted by atomic mass is 35.5. The summed E-state index contributed by atoms with van der Waals surface area (Å²) in [6.45, 7) is 1.14. The summed E-state index contributed by atoms with van der Waals surface area (Å²) in [5.74, 6) is 1.19. The minimum Gasteiger partial charge on any atom is -0.374 e. The number of nitrogens with zero attached hydrogens (tertiary/aromatic N) is 1. The second kappa shape index (κ2) is 6.26. The SMILES string of the molecule is CN.CN1CCCSc2cc(Cl)ccc21. The van der Waals surface area contributed by atoms with Crippen LogP contribution in [-0.2, 0) is 0 Å². The summed E-state index contributed by atoms with van der Waals surface area (Å²) in [5, 5.41) is 0.835. The Kier molecular flexibility index (Phi) is 5.29. The fourth-order valence-electron chi connectivity index (χ4n) is 1.52. The summed E-state index contributed by atoms with van der Waals surface area (Å²) in [7, 11) is 3.64. The lowest BCUT2D eigenvalue weighted by molar-refractivity contribution is 0.862. The first-order valence-electron chi connectivity index (χ1n) is 4.98. The van der Waals surface area contributed by atoms with Crippen LogP contribution in [0.2, 0.25) is 5.02 Å². The lowest BCUT2D eigenvalue weighted by Gasteiger charge is -2.18. The van der Waals surface area contributed by atoms with Crippen LogP contribution in [0.3, 0.4) is 0 Å². The molecule has 2 rings (SSSR count). The van der Waals surface area contributed by atoms with Crippen molar-refractivity contribution < 1.29 is 0 Å². The largest absolute Gasteiger partial charge is 0.374 e. The summed E-state index contributed by atoms with van der Waals surface area (Å²) >= 11 is 7.85. The summed E-state index contributed by atoms with van der Waals surface area (Å²) in [5.41, 5.74) is 5.81. The highest BCUT2D eigenvalue weighted by Gasteiger charge is 2.12. The third-order valence-electron chi connectivity index (χ3n) is 2.23. The summed E-state index contributed by atoms with van der Waals surface area (Å²) < 4.78 is 0. The van der Waals surface area contributed by atoms with Crippen molar-refractivity contribution in [2.75, 3.05) is 31.3 Å². The Morgan fingerprint density at radius 1 is 1.40 bits per heavy atom. The van der Waals surface area contributed by atoms with Crippen LogP contribution in [0.1, 0.15) is 6.42 Å². The molecule has 0 saturated heterocycles. The lowest BCUT2D eigenvalue weighted by Crippen LogP contribution is -2.17. The third kappa shape index (κ3) is 3.30. The van der Waals surface area contributed by atoms with Crippen molar-refractivity contribution in [2.45, 2.75) is 11.3 Å². The van der Waals surface area contributed by atoms with E-state index in [1.165, 1.54) is 29.8 Å². The van der Waals surface area contributed by atoms with Gasteiger partial charge in [-0.1, -0.05) is 11.6 Å². The maximum Gasteiger partial charge on any atom is 0.0502 e. The molecule has 2 N–H and O–H groups in total. The Balaban J connectivity index is 0.000000531. The zero-order chi connectivity index (χ0) is 11.3. The molecule has 84 valence electrons. The Bertz CT molecular complexity index is 317. The fourth-order valence-corrected chi connectivity index (χ4v) is 2.84. The second-order valence-corrected chi connectivity index (χ2v) is 4.81. The van der Waals surface area contributed by atoms with Gasteiger partial charge in [-0.2, -0.15) is 0 Å². The molecule has 0 spiro atoms. The van der Waals surface area contributed by atoms with Gasteiger partial charge in [0.05, 0.1) is 5.69 Å². The molecule has 1 aliphatic rings. The van der Waals surface area contributed by atoms with Crippen molar-refractivity contribution in [1.82, 2.24) is 0 Å². The maximum absolute atomic E-state index is 5.95. The van der Waals surface area contributed by atoms with Crippen molar-refractivity contribution in [3.05, 3.63) is 23.2 Å². The van der Waals surface area contributed by atoms with E-state index in [1.807, 2.05) is 17.8 Å². The fraction of sp³-hybridized carbons (Fsp3) is 0.455. The first kappa shape index (κ1) is 12.7. The molecule has 0 aromatic heterocycles. The van der Waals surface area contributed by atoms with Gasteiger partial charge >= 0.3 is 0 Å². The number of nitrogens with two attached hydrogens (primary N) is 1. The topological polar surface area (TPSA) is 29.3 Å². The van der Waals surface area contributed by atoms with E-state index < -0.39 is 0 Å². The molecule has 0 bridgehead atoms. The van der Waals surface area contributed by atoms with Crippen molar-refractivity contribution >= 4 is 29.1 Å². The van der Waals surface area contributed by atoms with Gasteiger partial charge in [-0.05, 0) is 37.4 Å². The third-order valence-corrected chi connectivity index (χ3v) is 3.59. The molecule has 0 amide bonds. The summed E-state index contributed by atoms with van der Waals surface area (Å²) in [6, 6.07) is 6.13. The molecule has 0 atom stereocenters. The van der Waals surface area contributed by atoms with Crippen LogP contribution in [0.5, 0.6) is 0 Å². The highest BCUT2D eigenvalue weighted by molar-refractivity contribution is 7.99. The van der Waals surface area contributed by atoms with Gasteiger partial charge in [-0.15, -0.1) is 11.8 Å². The van der Waals surface area contributed by atoms with E-state index in [-0.39, 0.29) is 0 Å². The molecular formula is C11H17ClN2S. The highest BCUT2D eigenvalue weighted by Crippen LogP contribution is 2.34. The zero-order valence-corrected chi connectivity index (χ0v) is 10.7. The van der Waals surface area contributed by atoms with Crippen LogP contribution < -0.4 is 10.6 Å². The number of fused-ring (bicyclic) bond motifs is 1. The molecule has 4 heteroatoms. The molecule has 0 aliphatic carbocycles. The average Bonchev–Trinajstić information content (AvgIpc) is 2.43. The predicted molar refractivity (Wildman–Crippen MR) is 70.2 cm³/mol. The van der Waals surface area contributed by atoms with E-state index in [0.717, 1.165) is 11.6 Å². The Hall–Kier alpha value is -0.380. The zero-order valence-electron chi connectivity index (χ0n) is 9.16. The monoisotopic (exact) mass is 244 g/mol. The quantitative estimate of drug-likeness (QED) is 0.761. The first-order chi connectivity index (χ1) is 7.27. The van der Waals surface area contributed by atoms with Crippen LogP contribution in [-0.4, -0.2) is 26.4 Å². The lowest BCUT2D eigenvalue weighted by atomic mass is 10.3. The van der Waals surface area contributed by atoms with E-state index in [2.05, 4.69) is 29.8 Å². The first-order valence-corrected chi connectivity index (χ1v) is 6.35. The molecule has 2 nitrogen and oxygen atoms in total. The predicted octanol–water partition coefficient (Wildman–Crippen LogP) is 2.85. The molecular weight excluding hydrogens is 228 g/mol. The molecule has 0 unspecified atom stereocenters. The average molecular weight is 245 g/mol. The Morgan fingerprint density at radius 2 is 2.13 bits per heavy atom. The summed E-state index contributed by atoms with van der Waals surface area (Å²) in [4.78, 5) is 3.61. The van der Waals surface area contributed by atoms with Gasteiger partial charge in [0.1, 0.15) is 0 Å². The second-order valence-electron chi connectivity index (χ2n) is 3.24. The number of halogens is 1. The van der Waals surface area contributed by atoms with Crippen LogP contribution in [0, 0.1) is 0 Å². The molecule has 1 aromatic carbocycles.